The molecule has 7 heteroatoms. The van der Waals surface area contributed by atoms with E-state index >= 15 is 0 Å². The molecule has 1 heterocycles. The molecule has 0 fully saturated rings. The molecule has 0 atom stereocenters. The van der Waals surface area contributed by atoms with Crippen LogP contribution in [0.3, 0.4) is 0 Å². The summed E-state index contributed by atoms with van der Waals surface area (Å²) in [6.07, 6.45) is -2.84. The minimum absolute atomic E-state index is 0.158. The fourth-order valence-electron chi connectivity index (χ4n) is 0.853. The summed E-state index contributed by atoms with van der Waals surface area (Å²) >= 11 is 0. The van der Waals surface area contributed by atoms with Crippen LogP contribution in [0.25, 0.3) is 0 Å². The lowest BCUT2D eigenvalue weighted by molar-refractivity contribution is -0.115. The molecule has 0 saturated heterocycles. The molecule has 15 heavy (non-hydrogen) atoms. The van der Waals surface area contributed by atoms with E-state index in [1.54, 1.807) is 19.0 Å². The lowest BCUT2D eigenvalue weighted by atomic mass is 10.5. The first-order valence-electron chi connectivity index (χ1n) is 4.19. The average molecular weight is 220 g/mol. The van der Waals surface area contributed by atoms with Gasteiger partial charge in [-0.2, -0.15) is 18.2 Å². The van der Waals surface area contributed by atoms with Gasteiger partial charge in [0.2, 0.25) is 5.95 Å². The molecule has 0 aliphatic carbocycles. The topological polar surface area (TPSA) is 41.1 Å². The number of rotatable bonds is 3. The normalized spacial score (nSPS) is 11.3. The molecule has 0 unspecified atom stereocenters. The molecule has 0 saturated carbocycles. The van der Waals surface area contributed by atoms with Gasteiger partial charge in [-0.25, -0.2) is 4.98 Å². The van der Waals surface area contributed by atoms with Crippen molar-refractivity contribution in [3.05, 3.63) is 12.3 Å². The Morgan fingerprint density at radius 1 is 1.40 bits per heavy atom. The summed E-state index contributed by atoms with van der Waals surface area (Å²) in [5, 5.41) is 2.18. The fraction of sp³-hybridized carbons (Fsp3) is 0.500. The third-order valence-corrected chi connectivity index (χ3v) is 1.51. The van der Waals surface area contributed by atoms with Crippen molar-refractivity contribution in [2.75, 3.05) is 30.9 Å². The summed E-state index contributed by atoms with van der Waals surface area (Å²) < 4.78 is 35.7. The van der Waals surface area contributed by atoms with Crippen LogP contribution >= 0.6 is 0 Å². The van der Waals surface area contributed by atoms with Gasteiger partial charge in [0.15, 0.2) is 0 Å². The highest BCUT2D eigenvalue weighted by molar-refractivity contribution is 5.40. The Morgan fingerprint density at radius 3 is 2.60 bits per heavy atom. The number of hydrogen-bond acceptors (Lipinski definition) is 4. The molecule has 1 rings (SSSR count). The van der Waals surface area contributed by atoms with Gasteiger partial charge in [0.25, 0.3) is 0 Å². The van der Waals surface area contributed by atoms with Gasteiger partial charge >= 0.3 is 6.18 Å². The van der Waals surface area contributed by atoms with Crippen LogP contribution in [0.15, 0.2) is 12.3 Å². The molecule has 1 aromatic rings. The molecular formula is C8H11F3N4. The predicted molar refractivity (Wildman–Crippen MR) is 50.9 cm³/mol. The second kappa shape index (κ2) is 4.33. The van der Waals surface area contributed by atoms with Gasteiger partial charge in [-0.1, -0.05) is 0 Å². The van der Waals surface area contributed by atoms with Crippen molar-refractivity contribution in [1.82, 2.24) is 9.97 Å². The van der Waals surface area contributed by atoms with Crippen molar-refractivity contribution in [3.8, 4) is 0 Å². The molecule has 0 bridgehead atoms. The Labute approximate surface area is 85.1 Å². The van der Waals surface area contributed by atoms with E-state index in [1.807, 2.05) is 0 Å². The number of halogens is 3. The van der Waals surface area contributed by atoms with Crippen molar-refractivity contribution >= 4 is 11.8 Å². The molecule has 0 spiro atoms. The van der Waals surface area contributed by atoms with E-state index in [-0.39, 0.29) is 5.82 Å². The van der Waals surface area contributed by atoms with Gasteiger partial charge in [0.1, 0.15) is 12.4 Å². The van der Waals surface area contributed by atoms with Crippen LogP contribution in [0.4, 0.5) is 24.9 Å². The molecule has 1 aromatic heterocycles. The van der Waals surface area contributed by atoms with E-state index in [4.69, 9.17) is 0 Å². The molecule has 1 N–H and O–H groups in total. The summed E-state index contributed by atoms with van der Waals surface area (Å²) in [4.78, 5) is 9.37. The molecule has 84 valence electrons. The van der Waals surface area contributed by atoms with Crippen LogP contribution in [-0.2, 0) is 0 Å². The maximum Gasteiger partial charge on any atom is 0.405 e. The van der Waals surface area contributed by atoms with Gasteiger partial charge in [0.05, 0.1) is 0 Å². The standard InChI is InChI=1S/C8H11F3N4/c1-15(2)7-12-4-3-6(14-7)13-5-8(9,10)11/h3-4H,5H2,1-2H3,(H,12,13,14). The third-order valence-electron chi connectivity index (χ3n) is 1.51. The zero-order chi connectivity index (χ0) is 11.5. The Bertz CT molecular complexity index is 324. The van der Waals surface area contributed by atoms with Crippen LogP contribution in [0.2, 0.25) is 0 Å². The zero-order valence-electron chi connectivity index (χ0n) is 8.34. The average Bonchev–Trinajstić information content (AvgIpc) is 2.14. The fourth-order valence-corrected chi connectivity index (χ4v) is 0.853. The molecule has 0 aliphatic heterocycles. The number of nitrogens with one attached hydrogen (secondary N) is 1. The van der Waals surface area contributed by atoms with E-state index in [0.717, 1.165) is 0 Å². The van der Waals surface area contributed by atoms with Crippen LogP contribution in [-0.4, -0.2) is 36.8 Å². The second-order valence-corrected chi connectivity index (χ2v) is 3.11. The van der Waals surface area contributed by atoms with Crippen molar-refractivity contribution in [2.24, 2.45) is 0 Å². The lowest BCUT2D eigenvalue weighted by Gasteiger charge is -2.12. The summed E-state index contributed by atoms with van der Waals surface area (Å²) in [5.74, 6) is 0.521. The quantitative estimate of drug-likeness (QED) is 0.838. The summed E-state index contributed by atoms with van der Waals surface area (Å²) in [6, 6.07) is 1.39. The zero-order valence-corrected chi connectivity index (χ0v) is 8.34. The van der Waals surface area contributed by atoms with Crippen LogP contribution in [0, 0.1) is 0 Å². The first-order valence-corrected chi connectivity index (χ1v) is 4.19. The summed E-state index contributed by atoms with van der Waals surface area (Å²) in [7, 11) is 3.42. The third kappa shape index (κ3) is 4.01. The van der Waals surface area contributed by atoms with Crippen LogP contribution in [0.1, 0.15) is 0 Å². The second-order valence-electron chi connectivity index (χ2n) is 3.11. The predicted octanol–water partition coefficient (Wildman–Crippen LogP) is 1.52. The van der Waals surface area contributed by atoms with E-state index in [0.29, 0.717) is 5.95 Å². The van der Waals surface area contributed by atoms with Gasteiger partial charge in [-0.05, 0) is 6.07 Å². The van der Waals surface area contributed by atoms with Gasteiger partial charge in [0, 0.05) is 20.3 Å². The van der Waals surface area contributed by atoms with Crippen LogP contribution in [0.5, 0.6) is 0 Å². The Kier molecular flexibility index (Phi) is 3.33. The molecular weight excluding hydrogens is 209 g/mol. The van der Waals surface area contributed by atoms with Gasteiger partial charge in [-0.3, -0.25) is 0 Å². The first kappa shape index (κ1) is 11.5. The van der Waals surface area contributed by atoms with Crippen molar-refractivity contribution in [2.45, 2.75) is 6.18 Å². The maximum atomic E-state index is 11.9. The van der Waals surface area contributed by atoms with E-state index in [9.17, 15) is 13.2 Å². The van der Waals surface area contributed by atoms with Crippen molar-refractivity contribution < 1.29 is 13.2 Å². The highest BCUT2D eigenvalue weighted by Crippen LogP contribution is 2.15. The van der Waals surface area contributed by atoms with Gasteiger partial charge < -0.3 is 10.2 Å². The number of alkyl halides is 3. The Morgan fingerprint density at radius 2 is 2.07 bits per heavy atom. The van der Waals surface area contributed by atoms with E-state index < -0.39 is 12.7 Å². The van der Waals surface area contributed by atoms with E-state index in [1.165, 1.54) is 12.3 Å². The SMILES string of the molecule is CN(C)c1nccc(NCC(F)(F)F)n1. The summed E-state index contributed by atoms with van der Waals surface area (Å²) in [6.45, 7) is -1.10. The Hall–Kier alpha value is -1.53. The minimum Gasteiger partial charge on any atom is -0.361 e. The highest BCUT2D eigenvalue weighted by Gasteiger charge is 2.26. The molecule has 0 aliphatic rings. The summed E-state index contributed by atoms with van der Waals surface area (Å²) in [5.41, 5.74) is 0. The molecule has 4 nitrogen and oxygen atoms in total. The maximum absolute atomic E-state index is 11.9. The molecule has 0 radical (unpaired) electrons. The van der Waals surface area contributed by atoms with E-state index in [2.05, 4.69) is 15.3 Å². The smallest absolute Gasteiger partial charge is 0.361 e. The monoisotopic (exact) mass is 220 g/mol. The Balaban J connectivity index is 2.66. The minimum atomic E-state index is -4.25. The highest BCUT2D eigenvalue weighted by atomic mass is 19.4. The molecule has 0 aromatic carbocycles. The number of anilines is 2. The van der Waals surface area contributed by atoms with Crippen LogP contribution < -0.4 is 10.2 Å². The largest absolute Gasteiger partial charge is 0.405 e. The van der Waals surface area contributed by atoms with Crippen molar-refractivity contribution in [3.63, 3.8) is 0 Å². The molecule has 0 amide bonds. The van der Waals surface area contributed by atoms with Gasteiger partial charge in [-0.15, -0.1) is 0 Å². The number of nitrogens with zero attached hydrogens (tertiary/aromatic N) is 3. The number of aromatic nitrogens is 2. The number of hydrogen-bond donors (Lipinski definition) is 1. The first-order chi connectivity index (χ1) is 6.88. The lowest BCUT2D eigenvalue weighted by Crippen LogP contribution is -2.22. The van der Waals surface area contributed by atoms with Crippen molar-refractivity contribution in [1.29, 1.82) is 0 Å².